The SMILES string of the molecule is CCC(CC)CC1(O)CCN(C(=O)Nc2cc(Cl)cc(Oc3ccc(F)cc3)c2)CC1. The Labute approximate surface area is 188 Å². The van der Waals surface area contributed by atoms with Gasteiger partial charge in [0.25, 0.3) is 0 Å². The van der Waals surface area contributed by atoms with Crippen molar-refractivity contribution in [2.24, 2.45) is 5.92 Å². The molecule has 168 valence electrons. The maximum atomic E-state index is 13.1. The second-order valence-electron chi connectivity index (χ2n) is 8.26. The minimum absolute atomic E-state index is 0.236. The van der Waals surface area contributed by atoms with Gasteiger partial charge in [-0.15, -0.1) is 0 Å². The number of nitrogens with one attached hydrogen (secondary N) is 1. The molecule has 7 heteroatoms. The number of amides is 2. The number of benzene rings is 2. The van der Waals surface area contributed by atoms with E-state index < -0.39 is 5.60 Å². The lowest BCUT2D eigenvalue weighted by Gasteiger charge is -2.39. The Morgan fingerprint density at radius 3 is 2.42 bits per heavy atom. The molecule has 0 bridgehead atoms. The van der Waals surface area contributed by atoms with Crippen LogP contribution in [0.2, 0.25) is 5.02 Å². The Bertz CT molecular complexity index is 879. The van der Waals surface area contributed by atoms with Gasteiger partial charge in [0.1, 0.15) is 17.3 Å². The molecule has 1 aliphatic rings. The number of hydrogen-bond donors (Lipinski definition) is 2. The summed E-state index contributed by atoms with van der Waals surface area (Å²) in [5, 5.41) is 14.2. The van der Waals surface area contributed by atoms with Crippen LogP contribution in [0.5, 0.6) is 11.5 Å². The smallest absolute Gasteiger partial charge is 0.321 e. The molecular weight excluding hydrogens is 419 g/mol. The van der Waals surface area contributed by atoms with Crippen molar-refractivity contribution in [1.82, 2.24) is 4.90 Å². The zero-order valence-electron chi connectivity index (χ0n) is 18.0. The van der Waals surface area contributed by atoms with E-state index in [2.05, 4.69) is 19.2 Å². The van der Waals surface area contributed by atoms with Crippen LogP contribution >= 0.6 is 11.6 Å². The molecule has 2 N–H and O–H groups in total. The lowest BCUT2D eigenvalue weighted by atomic mass is 9.81. The van der Waals surface area contributed by atoms with Crippen LogP contribution < -0.4 is 10.1 Å². The molecule has 5 nitrogen and oxygen atoms in total. The highest BCUT2D eigenvalue weighted by molar-refractivity contribution is 6.31. The normalized spacial score (nSPS) is 15.7. The van der Waals surface area contributed by atoms with E-state index in [4.69, 9.17) is 16.3 Å². The topological polar surface area (TPSA) is 61.8 Å². The van der Waals surface area contributed by atoms with E-state index in [-0.39, 0.29) is 11.8 Å². The van der Waals surface area contributed by atoms with Crippen molar-refractivity contribution >= 4 is 23.3 Å². The van der Waals surface area contributed by atoms with E-state index >= 15 is 0 Å². The van der Waals surface area contributed by atoms with Crippen LogP contribution in [0, 0.1) is 11.7 Å². The highest BCUT2D eigenvalue weighted by atomic mass is 35.5. The fourth-order valence-corrected chi connectivity index (χ4v) is 4.21. The fraction of sp³-hybridized carbons (Fsp3) is 0.458. The number of anilines is 1. The third kappa shape index (κ3) is 6.58. The molecule has 0 saturated carbocycles. The Balaban J connectivity index is 1.59. The molecule has 2 aromatic rings. The summed E-state index contributed by atoms with van der Waals surface area (Å²) in [6.45, 7) is 5.31. The largest absolute Gasteiger partial charge is 0.457 e. The summed E-state index contributed by atoms with van der Waals surface area (Å²) in [5.41, 5.74) is -0.188. The van der Waals surface area contributed by atoms with Crippen molar-refractivity contribution in [1.29, 1.82) is 0 Å². The van der Waals surface area contributed by atoms with E-state index in [0.717, 1.165) is 19.3 Å². The maximum Gasteiger partial charge on any atom is 0.321 e. The summed E-state index contributed by atoms with van der Waals surface area (Å²) in [6.07, 6.45) is 4.05. The van der Waals surface area contributed by atoms with Crippen molar-refractivity contribution in [3.05, 3.63) is 53.3 Å². The molecule has 3 rings (SSSR count). The first kappa shape index (κ1) is 23.4. The number of aliphatic hydroxyl groups is 1. The Hall–Kier alpha value is -2.31. The van der Waals surface area contributed by atoms with Gasteiger partial charge in [-0.05, 0) is 61.6 Å². The summed E-state index contributed by atoms with van der Waals surface area (Å²) < 4.78 is 18.8. The predicted molar refractivity (Wildman–Crippen MR) is 121 cm³/mol. The van der Waals surface area contributed by atoms with Gasteiger partial charge in [0, 0.05) is 29.9 Å². The zero-order valence-corrected chi connectivity index (χ0v) is 18.8. The number of halogens is 2. The molecule has 1 aliphatic heterocycles. The Morgan fingerprint density at radius 1 is 1.16 bits per heavy atom. The first-order valence-corrected chi connectivity index (χ1v) is 11.2. The number of urea groups is 1. The summed E-state index contributed by atoms with van der Waals surface area (Å²) in [4.78, 5) is 14.5. The second-order valence-corrected chi connectivity index (χ2v) is 8.70. The molecule has 0 spiro atoms. The van der Waals surface area contributed by atoms with Crippen LogP contribution in [0.15, 0.2) is 42.5 Å². The van der Waals surface area contributed by atoms with Crippen LogP contribution in [-0.4, -0.2) is 34.7 Å². The first-order valence-electron chi connectivity index (χ1n) is 10.8. The van der Waals surface area contributed by atoms with Crippen LogP contribution in [0.1, 0.15) is 46.0 Å². The van der Waals surface area contributed by atoms with Gasteiger partial charge >= 0.3 is 6.03 Å². The van der Waals surface area contributed by atoms with Gasteiger partial charge in [-0.3, -0.25) is 0 Å². The summed E-state index contributed by atoms with van der Waals surface area (Å²) in [7, 11) is 0. The second kappa shape index (κ2) is 10.3. The summed E-state index contributed by atoms with van der Waals surface area (Å²) in [6, 6.07) is 10.4. The molecule has 1 fully saturated rings. The maximum absolute atomic E-state index is 13.1. The number of carbonyl (C=O) groups is 1. The van der Waals surface area contributed by atoms with Gasteiger partial charge < -0.3 is 20.1 Å². The quantitative estimate of drug-likeness (QED) is 0.511. The highest BCUT2D eigenvalue weighted by Crippen LogP contribution is 2.32. The predicted octanol–water partition coefficient (Wildman–Crippen LogP) is 6.46. The van der Waals surface area contributed by atoms with Crippen molar-refractivity contribution in [3.8, 4) is 11.5 Å². The lowest BCUT2D eigenvalue weighted by molar-refractivity contribution is -0.0309. The van der Waals surface area contributed by atoms with Crippen LogP contribution in [0.4, 0.5) is 14.9 Å². The number of nitrogens with zero attached hydrogens (tertiary/aromatic N) is 1. The average molecular weight is 449 g/mol. The number of hydrogen-bond acceptors (Lipinski definition) is 3. The van der Waals surface area contributed by atoms with Crippen LogP contribution in [0.3, 0.4) is 0 Å². The minimum Gasteiger partial charge on any atom is -0.457 e. The molecule has 0 aromatic heterocycles. The molecule has 0 radical (unpaired) electrons. The molecular formula is C24H30ClFN2O3. The standard InChI is InChI=1S/C24H30ClFN2O3/c1-3-17(4-2)16-24(30)9-11-28(12-10-24)23(29)27-20-13-18(25)14-22(15-20)31-21-7-5-19(26)6-8-21/h5-8,13-15,17,30H,3-4,9-12,16H2,1-2H3,(H,27,29). The Morgan fingerprint density at radius 2 is 1.81 bits per heavy atom. The average Bonchev–Trinajstić information content (AvgIpc) is 2.73. The van der Waals surface area contributed by atoms with Gasteiger partial charge in [-0.25, -0.2) is 9.18 Å². The number of rotatable bonds is 7. The third-order valence-corrected chi connectivity index (χ3v) is 6.19. The third-order valence-electron chi connectivity index (χ3n) is 5.98. The van der Waals surface area contributed by atoms with E-state index in [1.165, 1.54) is 24.3 Å². The van der Waals surface area contributed by atoms with E-state index in [1.54, 1.807) is 23.1 Å². The molecule has 0 aliphatic carbocycles. The number of ether oxygens (including phenoxy) is 1. The van der Waals surface area contributed by atoms with Crippen molar-refractivity contribution in [3.63, 3.8) is 0 Å². The molecule has 2 aromatic carbocycles. The molecule has 1 saturated heterocycles. The van der Waals surface area contributed by atoms with Crippen LogP contribution in [0.25, 0.3) is 0 Å². The number of likely N-dealkylation sites (tertiary alicyclic amines) is 1. The van der Waals surface area contributed by atoms with E-state index in [9.17, 15) is 14.3 Å². The van der Waals surface area contributed by atoms with Crippen LogP contribution in [-0.2, 0) is 0 Å². The monoisotopic (exact) mass is 448 g/mol. The number of piperidine rings is 1. The van der Waals surface area contributed by atoms with E-state index in [0.29, 0.717) is 54.1 Å². The molecule has 2 amide bonds. The Kier molecular flexibility index (Phi) is 7.79. The van der Waals surface area contributed by atoms with Crippen molar-refractivity contribution < 1.29 is 19.0 Å². The minimum atomic E-state index is -0.695. The molecule has 0 atom stereocenters. The lowest BCUT2D eigenvalue weighted by Crippen LogP contribution is -2.48. The highest BCUT2D eigenvalue weighted by Gasteiger charge is 2.35. The van der Waals surface area contributed by atoms with Gasteiger partial charge in [0.2, 0.25) is 0 Å². The molecule has 0 unspecified atom stereocenters. The van der Waals surface area contributed by atoms with Gasteiger partial charge in [-0.2, -0.15) is 0 Å². The fourth-order valence-electron chi connectivity index (χ4n) is 3.98. The molecule has 31 heavy (non-hydrogen) atoms. The summed E-state index contributed by atoms with van der Waals surface area (Å²) >= 11 is 6.19. The molecule has 1 heterocycles. The van der Waals surface area contributed by atoms with Gasteiger partial charge in [0.05, 0.1) is 5.60 Å². The van der Waals surface area contributed by atoms with Gasteiger partial charge in [0.15, 0.2) is 0 Å². The number of carbonyl (C=O) groups excluding carboxylic acids is 1. The van der Waals surface area contributed by atoms with Crippen molar-refractivity contribution in [2.45, 2.75) is 51.6 Å². The zero-order chi connectivity index (χ0) is 22.4. The van der Waals surface area contributed by atoms with E-state index in [1.807, 2.05) is 0 Å². The van der Waals surface area contributed by atoms with Crippen molar-refractivity contribution in [2.75, 3.05) is 18.4 Å². The summed E-state index contributed by atoms with van der Waals surface area (Å²) in [5.74, 6) is 1.07. The first-order chi connectivity index (χ1) is 14.8. The van der Waals surface area contributed by atoms with Gasteiger partial charge in [-0.1, -0.05) is 38.3 Å².